The number of nitrogens with zero attached hydrogens (tertiary/aromatic N) is 3. The molecule has 0 fully saturated rings. The smallest absolute Gasteiger partial charge is 0.127 e. The van der Waals surface area contributed by atoms with Crippen LogP contribution in [0, 0.1) is 6.92 Å². The van der Waals surface area contributed by atoms with Gasteiger partial charge in [0.05, 0.1) is 34.8 Å². The first-order valence-corrected chi connectivity index (χ1v) is 6.90. The molecule has 1 aliphatic rings. The van der Waals surface area contributed by atoms with Crippen LogP contribution >= 0.6 is 0 Å². The SMILES string of the molecule is Cc1ccc2c(c1)nc(C1Cc3nc[nH]c3CN1)n2C. The van der Waals surface area contributed by atoms with E-state index in [2.05, 4.69) is 52.0 Å². The van der Waals surface area contributed by atoms with E-state index >= 15 is 0 Å². The van der Waals surface area contributed by atoms with Crippen LogP contribution in [0.5, 0.6) is 0 Å². The average molecular weight is 267 g/mol. The van der Waals surface area contributed by atoms with Crippen molar-refractivity contribution in [3.05, 3.63) is 47.3 Å². The number of aryl methyl sites for hydroxylation is 2. The lowest BCUT2D eigenvalue weighted by molar-refractivity contribution is 0.459. The van der Waals surface area contributed by atoms with E-state index in [1.807, 2.05) is 0 Å². The zero-order chi connectivity index (χ0) is 13.7. The fraction of sp³-hybridized carbons (Fsp3) is 0.333. The highest BCUT2D eigenvalue weighted by Crippen LogP contribution is 2.26. The first kappa shape index (κ1) is 11.7. The number of benzene rings is 1. The molecule has 20 heavy (non-hydrogen) atoms. The molecule has 0 saturated heterocycles. The van der Waals surface area contributed by atoms with Crippen LogP contribution in [0.15, 0.2) is 24.5 Å². The summed E-state index contributed by atoms with van der Waals surface area (Å²) in [5.41, 5.74) is 5.83. The molecule has 5 heteroatoms. The minimum atomic E-state index is 0.225. The normalized spacial score (nSPS) is 18.4. The molecule has 0 radical (unpaired) electrons. The molecule has 3 aromatic rings. The maximum absolute atomic E-state index is 4.82. The molecule has 2 N–H and O–H groups in total. The molecular weight excluding hydrogens is 250 g/mol. The van der Waals surface area contributed by atoms with Gasteiger partial charge in [0.1, 0.15) is 5.82 Å². The number of imidazole rings is 2. The van der Waals surface area contributed by atoms with Gasteiger partial charge in [0, 0.05) is 20.0 Å². The lowest BCUT2D eigenvalue weighted by Gasteiger charge is -2.22. The Kier molecular flexibility index (Phi) is 2.44. The Morgan fingerprint density at radius 2 is 2.25 bits per heavy atom. The van der Waals surface area contributed by atoms with Gasteiger partial charge in [0.25, 0.3) is 0 Å². The predicted molar refractivity (Wildman–Crippen MR) is 77.3 cm³/mol. The van der Waals surface area contributed by atoms with Crippen molar-refractivity contribution in [3.8, 4) is 0 Å². The van der Waals surface area contributed by atoms with Crippen molar-refractivity contribution < 1.29 is 0 Å². The van der Waals surface area contributed by atoms with E-state index in [-0.39, 0.29) is 6.04 Å². The highest BCUT2D eigenvalue weighted by atomic mass is 15.1. The molecule has 5 nitrogen and oxygen atoms in total. The zero-order valence-corrected chi connectivity index (χ0v) is 11.6. The monoisotopic (exact) mass is 267 g/mol. The highest BCUT2D eigenvalue weighted by Gasteiger charge is 2.25. The molecule has 0 spiro atoms. The number of aromatic amines is 1. The number of H-pyrrole nitrogens is 1. The molecular formula is C15H17N5. The second-order valence-corrected chi connectivity index (χ2v) is 5.49. The summed E-state index contributed by atoms with van der Waals surface area (Å²) in [5, 5.41) is 3.54. The molecule has 2 aromatic heterocycles. The largest absolute Gasteiger partial charge is 0.347 e. The van der Waals surface area contributed by atoms with Crippen LogP contribution in [0.1, 0.15) is 28.8 Å². The standard InChI is InChI=1S/C15H17N5/c1-9-3-4-14-11(5-9)19-15(20(14)2)12-6-10-13(7-16-12)18-8-17-10/h3-5,8,12,16H,6-7H2,1-2H3,(H,17,18). The van der Waals surface area contributed by atoms with Crippen molar-refractivity contribution in [3.63, 3.8) is 0 Å². The average Bonchev–Trinajstić information content (AvgIpc) is 3.02. The summed E-state index contributed by atoms with van der Waals surface area (Å²) in [4.78, 5) is 12.4. The molecule has 102 valence electrons. The third-order valence-electron chi connectivity index (χ3n) is 4.11. The summed E-state index contributed by atoms with van der Waals surface area (Å²) in [6.45, 7) is 2.92. The molecule has 0 bridgehead atoms. The predicted octanol–water partition coefficient (Wildman–Crippen LogP) is 1.99. The van der Waals surface area contributed by atoms with Crippen LogP contribution < -0.4 is 5.32 Å². The minimum Gasteiger partial charge on any atom is -0.347 e. The van der Waals surface area contributed by atoms with Gasteiger partial charge in [-0.05, 0) is 24.6 Å². The summed E-state index contributed by atoms with van der Waals surface area (Å²) in [6.07, 6.45) is 2.65. The van der Waals surface area contributed by atoms with Crippen molar-refractivity contribution in [2.75, 3.05) is 0 Å². The van der Waals surface area contributed by atoms with E-state index in [4.69, 9.17) is 4.98 Å². The fourth-order valence-corrected chi connectivity index (χ4v) is 2.99. The van der Waals surface area contributed by atoms with Crippen molar-refractivity contribution in [2.45, 2.75) is 25.9 Å². The van der Waals surface area contributed by atoms with Gasteiger partial charge in [-0.2, -0.15) is 0 Å². The molecule has 1 aliphatic heterocycles. The lowest BCUT2D eigenvalue weighted by Crippen LogP contribution is -2.30. The van der Waals surface area contributed by atoms with Crippen molar-refractivity contribution in [2.24, 2.45) is 7.05 Å². The van der Waals surface area contributed by atoms with E-state index in [1.54, 1.807) is 6.33 Å². The van der Waals surface area contributed by atoms with Crippen molar-refractivity contribution in [1.29, 1.82) is 0 Å². The van der Waals surface area contributed by atoms with Gasteiger partial charge in [-0.15, -0.1) is 0 Å². The quantitative estimate of drug-likeness (QED) is 0.709. The maximum Gasteiger partial charge on any atom is 0.127 e. The number of hydrogen-bond donors (Lipinski definition) is 2. The molecule has 4 rings (SSSR count). The molecule has 0 amide bonds. The molecule has 3 heterocycles. The number of rotatable bonds is 1. The van der Waals surface area contributed by atoms with Gasteiger partial charge in [-0.1, -0.05) is 6.07 Å². The summed E-state index contributed by atoms with van der Waals surface area (Å²) in [5.74, 6) is 1.08. The van der Waals surface area contributed by atoms with E-state index in [0.717, 1.165) is 30.0 Å². The summed E-state index contributed by atoms with van der Waals surface area (Å²) in [7, 11) is 2.09. The van der Waals surface area contributed by atoms with Gasteiger partial charge in [-0.3, -0.25) is 0 Å². The van der Waals surface area contributed by atoms with E-state index in [1.165, 1.54) is 16.8 Å². The summed E-state index contributed by atoms with van der Waals surface area (Å²) in [6, 6.07) is 6.64. The number of fused-ring (bicyclic) bond motifs is 2. The van der Waals surface area contributed by atoms with Gasteiger partial charge in [-0.25, -0.2) is 9.97 Å². The number of nitrogens with one attached hydrogen (secondary N) is 2. The van der Waals surface area contributed by atoms with Gasteiger partial charge in [0.2, 0.25) is 0 Å². The molecule has 0 aliphatic carbocycles. The van der Waals surface area contributed by atoms with Crippen LogP contribution in [-0.2, 0) is 20.0 Å². The zero-order valence-electron chi connectivity index (χ0n) is 11.6. The number of aromatic nitrogens is 4. The molecule has 1 unspecified atom stereocenters. The van der Waals surface area contributed by atoms with Crippen LogP contribution in [0.25, 0.3) is 11.0 Å². The second-order valence-electron chi connectivity index (χ2n) is 5.49. The van der Waals surface area contributed by atoms with Gasteiger partial charge in [0.15, 0.2) is 0 Å². The third-order valence-corrected chi connectivity index (χ3v) is 4.11. The molecule has 0 saturated carbocycles. The van der Waals surface area contributed by atoms with Crippen LogP contribution in [-0.4, -0.2) is 19.5 Å². The lowest BCUT2D eigenvalue weighted by atomic mass is 10.1. The van der Waals surface area contributed by atoms with E-state index in [0.29, 0.717) is 0 Å². The van der Waals surface area contributed by atoms with Gasteiger partial charge < -0.3 is 14.9 Å². The topological polar surface area (TPSA) is 58.5 Å². The first-order chi connectivity index (χ1) is 9.72. The Hall–Kier alpha value is -2.14. The van der Waals surface area contributed by atoms with Gasteiger partial charge >= 0.3 is 0 Å². The Labute approximate surface area is 117 Å². The van der Waals surface area contributed by atoms with Crippen molar-refractivity contribution in [1.82, 2.24) is 24.8 Å². The Bertz CT molecular complexity index is 783. The van der Waals surface area contributed by atoms with E-state index in [9.17, 15) is 0 Å². The van der Waals surface area contributed by atoms with Crippen molar-refractivity contribution >= 4 is 11.0 Å². The summed E-state index contributed by atoms with van der Waals surface area (Å²) >= 11 is 0. The number of hydrogen-bond acceptors (Lipinski definition) is 3. The first-order valence-electron chi connectivity index (χ1n) is 6.90. The Morgan fingerprint density at radius 1 is 1.35 bits per heavy atom. The van der Waals surface area contributed by atoms with Crippen LogP contribution in [0.4, 0.5) is 0 Å². The fourth-order valence-electron chi connectivity index (χ4n) is 2.99. The molecule has 1 atom stereocenters. The van der Waals surface area contributed by atoms with E-state index < -0.39 is 0 Å². The highest BCUT2D eigenvalue weighted by molar-refractivity contribution is 5.76. The van der Waals surface area contributed by atoms with Crippen LogP contribution in [0.3, 0.4) is 0 Å². The maximum atomic E-state index is 4.82. The Balaban J connectivity index is 1.78. The summed E-state index contributed by atoms with van der Waals surface area (Å²) < 4.78 is 2.18. The minimum absolute atomic E-state index is 0.225. The third kappa shape index (κ3) is 1.67. The molecule has 1 aromatic carbocycles. The van der Waals surface area contributed by atoms with Crippen LogP contribution in [0.2, 0.25) is 0 Å². The second kappa shape index (κ2) is 4.18. The Morgan fingerprint density at radius 3 is 3.15 bits per heavy atom.